The Labute approximate surface area is 108 Å². The molecule has 0 aromatic carbocycles. The number of amides is 1. The number of hydrogen-bond donors (Lipinski definition) is 1. The van der Waals surface area contributed by atoms with Crippen molar-refractivity contribution in [3.8, 4) is 0 Å². The van der Waals surface area contributed by atoms with Crippen molar-refractivity contribution in [1.82, 2.24) is 4.90 Å². The Kier molecular flexibility index (Phi) is 5.85. The zero-order chi connectivity index (χ0) is 12.8. The fourth-order valence-electron chi connectivity index (χ4n) is 2.21. The first-order chi connectivity index (χ1) is 8.04. The van der Waals surface area contributed by atoms with E-state index in [1.165, 1.54) is 0 Å². The predicted octanol–water partition coefficient (Wildman–Crippen LogP) is 1.18. The van der Waals surface area contributed by atoms with Gasteiger partial charge in [0.15, 0.2) is 0 Å². The van der Waals surface area contributed by atoms with Gasteiger partial charge in [0.1, 0.15) is 0 Å². The first-order valence-electron chi connectivity index (χ1n) is 6.10. The average Bonchev–Trinajstić information content (AvgIpc) is 2.29. The highest BCUT2D eigenvalue weighted by Crippen LogP contribution is 2.18. The Morgan fingerprint density at radius 1 is 1.65 bits per heavy atom. The molecular formula is C12H22N2O2S. The number of thiocarbonyl (C=S) groups is 1. The van der Waals surface area contributed by atoms with E-state index in [2.05, 4.69) is 0 Å². The molecule has 1 rings (SSSR count). The number of ether oxygens (including phenoxy) is 1. The van der Waals surface area contributed by atoms with Crippen molar-refractivity contribution in [2.24, 2.45) is 17.6 Å². The summed E-state index contributed by atoms with van der Waals surface area (Å²) >= 11 is 5.00. The van der Waals surface area contributed by atoms with E-state index in [9.17, 15) is 4.79 Å². The Bertz CT molecular complexity index is 284. The fraction of sp³-hybridized carbons (Fsp3) is 0.833. The van der Waals surface area contributed by atoms with Crippen LogP contribution in [0.25, 0.3) is 0 Å². The first kappa shape index (κ1) is 14.4. The summed E-state index contributed by atoms with van der Waals surface area (Å²) in [6.07, 6.45) is 2.54. The van der Waals surface area contributed by atoms with E-state index in [1.54, 1.807) is 7.11 Å². The van der Waals surface area contributed by atoms with Crippen LogP contribution in [0.4, 0.5) is 0 Å². The van der Waals surface area contributed by atoms with Gasteiger partial charge in [-0.25, -0.2) is 0 Å². The molecule has 4 nitrogen and oxygen atoms in total. The predicted molar refractivity (Wildman–Crippen MR) is 71.7 cm³/mol. The Hall–Kier alpha value is -0.680. The largest absolute Gasteiger partial charge is 0.393 e. The normalized spacial score (nSPS) is 22.2. The van der Waals surface area contributed by atoms with Crippen LogP contribution in [-0.4, -0.2) is 42.6 Å². The van der Waals surface area contributed by atoms with E-state index >= 15 is 0 Å². The van der Waals surface area contributed by atoms with Gasteiger partial charge in [0.25, 0.3) is 0 Å². The minimum Gasteiger partial charge on any atom is -0.393 e. The zero-order valence-corrected chi connectivity index (χ0v) is 11.5. The molecule has 0 bridgehead atoms. The van der Waals surface area contributed by atoms with Crippen molar-refractivity contribution >= 4 is 23.1 Å². The SMILES string of the molecule is COCC(C)CC(=O)N1CCCC(C(N)=S)C1. The van der Waals surface area contributed by atoms with Crippen molar-refractivity contribution in [2.75, 3.05) is 26.8 Å². The highest BCUT2D eigenvalue weighted by atomic mass is 32.1. The van der Waals surface area contributed by atoms with E-state index in [1.807, 2.05) is 11.8 Å². The molecule has 1 saturated heterocycles. The maximum Gasteiger partial charge on any atom is 0.222 e. The summed E-state index contributed by atoms with van der Waals surface area (Å²) in [6.45, 7) is 4.17. The van der Waals surface area contributed by atoms with Crippen molar-refractivity contribution in [1.29, 1.82) is 0 Å². The molecule has 1 aliphatic rings. The van der Waals surface area contributed by atoms with Gasteiger partial charge in [-0.15, -0.1) is 0 Å². The van der Waals surface area contributed by atoms with Crippen molar-refractivity contribution in [3.63, 3.8) is 0 Å². The molecule has 1 amide bonds. The van der Waals surface area contributed by atoms with Crippen molar-refractivity contribution in [3.05, 3.63) is 0 Å². The van der Waals surface area contributed by atoms with E-state index in [-0.39, 0.29) is 17.7 Å². The van der Waals surface area contributed by atoms with Crippen LogP contribution in [-0.2, 0) is 9.53 Å². The lowest BCUT2D eigenvalue weighted by molar-refractivity contribution is -0.133. The monoisotopic (exact) mass is 258 g/mol. The Morgan fingerprint density at radius 2 is 2.35 bits per heavy atom. The van der Waals surface area contributed by atoms with Gasteiger partial charge >= 0.3 is 0 Å². The van der Waals surface area contributed by atoms with Crippen LogP contribution in [0.1, 0.15) is 26.2 Å². The highest BCUT2D eigenvalue weighted by Gasteiger charge is 2.25. The standard InChI is InChI=1S/C12H22N2O2S/c1-9(8-16-2)6-11(15)14-5-3-4-10(7-14)12(13)17/h9-10H,3-8H2,1-2H3,(H2,13,17). The third-order valence-electron chi connectivity index (χ3n) is 3.15. The molecule has 0 saturated carbocycles. The Balaban J connectivity index is 2.43. The van der Waals surface area contributed by atoms with Crippen LogP contribution in [0.3, 0.4) is 0 Å². The molecule has 0 aromatic heterocycles. The van der Waals surface area contributed by atoms with Gasteiger partial charge < -0.3 is 15.4 Å². The van der Waals surface area contributed by atoms with E-state index in [0.29, 0.717) is 24.6 Å². The van der Waals surface area contributed by atoms with Crippen molar-refractivity contribution in [2.45, 2.75) is 26.2 Å². The molecule has 0 aliphatic carbocycles. The number of hydrogen-bond acceptors (Lipinski definition) is 3. The third-order valence-corrected chi connectivity index (χ3v) is 3.48. The molecule has 2 atom stereocenters. The molecule has 0 aromatic rings. The number of carbonyl (C=O) groups is 1. The number of likely N-dealkylation sites (tertiary alicyclic amines) is 1. The molecule has 1 fully saturated rings. The third kappa shape index (κ3) is 4.60. The Morgan fingerprint density at radius 3 is 2.94 bits per heavy atom. The maximum atomic E-state index is 12.0. The number of carbonyl (C=O) groups excluding carboxylic acids is 1. The van der Waals surface area contributed by atoms with Gasteiger partial charge in [0.05, 0.1) is 4.99 Å². The highest BCUT2D eigenvalue weighted by molar-refractivity contribution is 7.80. The van der Waals surface area contributed by atoms with Crippen LogP contribution >= 0.6 is 12.2 Å². The lowest BCUT2D eigenvalue weighted by Gasteiger charge is -2.32. The molecule has 1 heterocycles. The van der Waals surface area contributed by atoms with Gasteiger partial charge in [-0.2, -0.15) is 0 Å². The van der Waals surface area contributed by atoms with Crippen LogP contribution in [0.2, 0.25) is 0 Å². The molecule has 0 radical (unpaired) electrons. The first-order valence-corrected chi connectivity index (χ1v) is 6.51. The zero-order valence-electron chi connectivity index (χ0n) is 10.6. The molecule has 5 heteroatoms. The minimum atomic E-state index is 0.190. The lowest BCUT2D eigenvalue weighted by Crippen LogP contribution is -2.44. The summed E-state index contributed by atoms with van der Waals surface area (Å²) < 4.78 is 5.04. The van der Waals surface area contributed by atoms with Gasteiger partial charge in [-0.05, 0) is 18.8 Å². The summed E-state index contributed by atoms with van der Waals surface area (Å²) in [5, 5.41) is 0. The average molecular weight is 258 g/mol. The summed E-state index contributed by atoms with van der Waals surface area (Å²) in [6, 6.07) is 0. The number of methoxy groups -OCH3 is 1. The second kappa shape index (κ2) is 6.91. The summed E-state index contributed by atoms with van der Waals surface area (Å²) in [5.74, 6) is 0.647. The molecule has 2 unspecified atom stereocenters. The van der Waals surface area contributed by atoms with E-state index < -0.39 is 0 Å². The van der Waals surface area contributed by atoms with Crippen LogP contribution < -0.4 is 5.73 Å². The molecule has 98 valence electrons. The number of nitrogens with two attached hydrogens (primary N) is 1. The summed E-state index contributed by atoms with van der Waals surface area (Å²) in [4.78, 5) is 14.5. The number of rotatable bonds is 5. The minimum absolute atomic E-state index is 0.190. The maximum absolute atomic E-state index is 12.0. The number of piperidine rings is 1. The van der Waals surface area contributed by atoms with Gasteiger partial charge in [0, 0.05) is 39.1 Å². The molecule has 17 heavy (non-hydrogen) atoms. The number of nitrogens with zero attached hydrogens (tertiary/aromatic N) is 1. The smallest absolute Gasteiger partial charge is 0.222 e. The summed E-state index contributed by atoms with van der Waals surface area (Å²) in [5.41, 5.74) is 5.65. The second-order valence-corrected chi connectivity index (χ2v) is 5.32. The van der Waals surface area contributed by atoms with Crippen LogP contribution in [0, 0.1) is 11.8 Å². The fourth-order valence-corrected chi connectivity index (χ4v) is 2.40. The van der Waals surface area contributed by atoms with Gasteiger partial charge in [-0.1, -0.05) is 19.1 Å². The molecule has 0 spiro atoms. The second-order valence-electron chi connectivity index (χ2n) is 4.85. The van der Waals surface area contributed by atoms with Gasteiger partial charge in [0.2, 0.25) is 5.91 Å². The molecule has 2 N–H and O–H groups in total. The lowest BCUT2D eigenvalue weighted by atomic mass is 9.97. The summed E-state index contributed by atoms with van der Waals surface area (Å²) in [7, 11) is 1.66. The molecule has 1 aliphatic heterocycles. The molecular weight excluding hydrogens is 236 g/mol. The topological polar surface area (TPSA) is 55.6 Å². The van der Waals surface area contributed by atoms with Crippen molar-refractivity contribution < 1.29 is 9.53 Å². The van der Waals surface area contributed by atoms with Crippen LogP contribution in [0.5, 0.6) is 0 Å². The van der Waals surface area contributed by atoms with Crippen LogP contribution in [0.15, 0.2) is 0 Å². The van der Waals surface area contributed by atoms with Gasteiger partial charge in [-0.3, -0.25) is 4.79 Å². The van der Waals surface area contributed by atoms with E-state index in [4.69, 9.17) is 22.7 Å². The van der Waals surface area contributed by atoms with E-state index in [0.717, 1.165) is 19.4 Å². The quantitative estimate of drug-likeness (QED) is 0.753.